The van der Waals surface area contributed by atoms with Gasteiger partial charge in [-0.3, -0.25) is 0 Å². The first-order valence-corrected chi connectivity index (χ1v) is 3.30. The smallest absolute Gasteiger partial charge is 0.0178 e. The van der Waals surface area contributed by atoms with Gasteiger partial charge in [-0.25, -0.2) is 0 Å². The number of halogens is 1. The Bertz CT molecular complexity index is 44.2. The van der Waals surface area contributed by atoms with E-state index >= 15 is 0 Å². The first-order chi connectivity index (χ1) is 2.93. The molecule has 3 heteroatoms. The van der Waals surface area contributed by atoms with Crippen molar-refractivity contribution in [2.24, 2.45) is 5.73 Å². The van der Waals surface area contributed by atoms with Crippen LogP contribution < -0.4 is 5.73 Å². The fraction of sp³-hybridized carbons (Fsp3) is 1.00. The van der Waals surface area contributed by atoms with Crippen molar-refractivity contribution in [2.75, 3.05) is 12.3 Å². The Balaban J connectivity index is 0.000000360. The second-order valence-electron chi connectivity index (χ2n) is 1.52. The van der Waals surface area contributed by atoms with Crippen LogP contribution in [-0.4, -0.2) is 17.5 Å². The topological polar surface area (TPSA) is 26.0 Å². The standard InChI is InChI=1S/C4H9NS.ClH/c5-3-4-1-2-6-4;/h4H,1-3,5H2;1H. The van der Waals surface area contributed by atoms with E-state index in [0.29, 0.717) is 0 Å². The number of thioether (sulfide) groups is 1. The van der Waals surface area contributed by atoms with E-state index in [4.69, 9.17) is 5.73 Å². The second-order valence-corrected chi connectivity index (χ2v) is 2.93. The molecule has 0 aromatic rings. The summed E-state index contributed by atoms with van der Waals surface area (Å²) in [6.45, 7) is 0.880. The first kappa shape index (κ1) is 7.60. The number of rotatable bonds is 1. The van der Waals surface area contributed by atoms with Gasteiger partial charge in [0.15, 0.2) is 0 Å². The van der Waals surface area contributed by atoms with Crippen LogP contribution in [0.4, 0.5) is 0 Å². The van der Waals surface area contributed by atoms with E-state index in [1.165, 1.54) is 12.2 Å². The molecule has 1 unspecified atom stereocenters. The summed E-state index contributed by atoms with van der Waals surface area (Å²) in [4.78, 5) is 0. The highest BCUT2D eigenvalue weighted by Gasteiger charge is 2.14. The van der Waals surface area contributed by atoms with Gasteiger partial charge in [-0.2, -0.15) is 11.8 Å². The minimum Gasteiger partial charge on any atom is -0.329 e. The summed E-state index contributed by atoms with van der Waals surface area (Å²) in [6.07, 6.45) is 1.35. The normalized spacial score (nSPS) is 27.9. The number of hydrogen-bond acceptors (Lipinski definition) is 2. The van der Waals surface area contributed by atoms with Crippen molar-refractivity contribution in [1.82, 2.24) is 0 Å². The Hall–Kier alpha value is 0.600. The molecule has 44 valence electrons. The van der Waals surface area contributed by atoms with Crippen LogP contribution in [0, 0.1) is 0 Å². The maximum Gasteiger partial charge on any atom is 0.0178 e. The minimum atomic E-state index is 0. The molecule has 1 saturated heterocycles. The molecule has 0 bridgehead atoms. The highest BCUT2D eigenvalue weighted by molar-refractivity contribution is 8.01. The molecule has 0 spiro atoms. The molecule has 0 radical (unpaired) electrons. The van der Waals surface area contributed by atoms with Crippen LogP contribution in [0.2, 0.25) is 0 Å². The van der Waals surface area contributed by atoms with Crippen molar-refractivity contribution >= 4 is 24.2 Å². The Morgan fingerprint density at radius 3 is 2.29 bits per heavy atom. The van der Waals surface area contributed by atoms with Crippen molar-refractivity contribution in [3.8, 4) is 0 Å². The summed E-state index contributed by atoms with van der Waals surface area (Å²) in [5, 5.41) is 0.810. The molecule has 0 aromatic heterocycles. The molecule has 0 amide bonds. The van der Waals surface area contributed by atoms with Crippen molar-refractivity contribution in [1.29, 1.82) is 0 Å². The molecule has 1 aliphatic heterocycles. The monoisotopic (exact) mass is 139 g/mol. The molecule has 1 rings (SSSR count). The summed E-state index contributed by atoms with van der Waals surface area (Å²) in [5.41, 5.74) is 5.31. The third kappa shape index (κ3) is 1.89. The lowest BCUT2D eigenvalue weighted by Crippen LogP contribution is -2.24. The molecule has 0 aromatic carbocycles. The summed E-state index contributed by atoms with van der Waals surface area (Å²) in [6, 6.07) is 0. The summed E-state index contributed by atoms with van der Waals surface area (Å²) in [7, 11) is 0. The molecule has 1 fully saturated rings. The van der Waals surface area contributed by atoms with Gasteiger partial charge in [0.1, 0.15) is 0 Å². The quantitative estimate of drug-likeness (QED) is 0.584. The molecule has 7 heavy (non-hydrogen) atoms. The van der Waals surface area contributed by atoms with E-state index in [9.17, 15) is 0 Å². The van der Waals surface area contributed by atoms with Crippen molar-refractivity contribution in [3.63, 3.8) is 0 Å². The molecule has 0 saturated carbocycles. The van der Waals surface area contributed by atoms with Crippen LogP contribution in [0.5, 0.6) is 0 Å². The molecule has 1 atom stereocenters. The van der Waals surface area contributed by atoms with Gasteiger partial charge in [-0.05, 0) is 12.2 Å². The van der Waals surface area contributed by atoms with Gasteiger partial charge in [0.2, 0.25) is 0 Å². The Morgan fingerprint density at radius 2 is 2.29 bits per heavy atom. The van der Waals surface area contributed by atoms with Crippen molar-refractivity contribution in [2.45, 2.75) is 11.7 Å². The van der Waals surface area contributed by atoms with Crippen LogP contribution in [0.3, 0.4) is 0 Å². The zero-order valence-corrected chi connectivity index (χ0v) is 5.73. The molecule has 0 aliphatic carbocycles. The Labute approximate surface area is 54.4 Å². The highest BCUT2D eigenvalue weighted by Crippen LogP contribution is 2.25. The lowest BCUT2D eigenvalue weighted by molar-refractivity contribution is 0.790. The van der Waals surface area contributed by atoms with Gasteiger partial charge in [0.25, 0.3) is 0 Å². The van der Waals surface area contributed by atoms with E-state index in [2.05, 4.69) is 0 Å². The molecular weight excluding hydrogens is 130 g/mol. The third-order valence-electron chi connectivity index (χ3n) is 1.06. The van der Waals surface area contributed by atoms with Gasteiger partial charge in [-0.15, -0.1) is 12.4 Å². The summed E-state index contributed by atoms with van der Waals surface area (Å²) in [5.74, 6) is 1.34. The molecule has 1 nitrogen and oxygen atoms in total. The average molecular weight is 140 g/mol. The van der Waals surface area contributed by atoms with Gasteiger partial charge in [0.05, 0.1) is 0 Å². The average Bonchev–Trinajstić information content (AvgIpc) is 1.31. The number of nitrogens with two attached hydrogens (primary N) is 1. The van der Waals surface area contributed by atoms with Gasteiger partial charge >= 0.3 is 0 Å². The van der Waals surface area contributed by atoms with Crippen LogP contribution in [0.1, 0.15) is 6.42 Å². The van der Waals surface area contributed by atoms with Gasteiger partial charge in [0, 0.05) is 11.8 Å². The molecule has 2 N–H and O–H groups in total. The molecular formula is C4H10ClNS. The predicted molar refractivity (Wildman–Crippen MR) is 37.2 cm³/mol. The van der Waals surface area contributed by atoms with Crippen LogP contribution in [0.15, 0.2) is 0 Å². The minimum absolute atomic E-state index is 0. The zero-order chi connectivity index (χ0) is 4.41. The van der Waals surface area contributed by atoms with E-state index in [1.807, 2.05) is 11.8 Å². The van der Waals surface area contributed by atoms with Crippen LogP contribution >= 0.6 is 24.2 Å². The fourth-order valence-corrected chi connectivity index (χ4v) is 1.18. The summed E-state index contributed by atoms with van der Waals surface area (Å²) < 4.78 is 0. The highest BCUT2D eigenvalue weighted by atomic mass is 35.5. The van der Waals surface area contributed by atoms with Crippen LogP contribution in [0.25, 0.3) is 0 Å². The van der Waals surface area contributed by atoms with Crippen molar-refractivity contribution < 1.29 is 0 Å². The predicted octanol–water partition coefficient (Wildman–Crippen LogP) is 0.872. The van der Waals surface area contributed by atoms with E-state index in [-0.39, 0.29) is 12.4 Å². The third-order valence-corrected chi connectivity index (χ3v) is 2.43. The number of hydrogen-bond donors (Lipinski definition) is 1. The fourth-order valence-electron chi connectivity index (χ4n) is 0.470. The SMILES string of the molecule is Cl.NCC1CCS1. The lowest BCUT2D eigenvalue weighted by Gasteiger charge is -2.22. The Morgan fingerprint density at radius 1 is 1.71 bits per heavy atom. The Kier molecular flexibility index (Phi) is 3.89. The maximum atomic E-state index is 5.31. The van der Waals surface area contributed by atoms with Gasteiger partial charge in [-0.1, -0.05) is 0 Å². The van der Waals surface area contributed by atoms with Crippen molar-refractivity contribution in [3.05, 3.63) is 0 Å². The largest absolute Gasteiger partial charge is 0.329 e. The van der Waals surface area contributed by atoms with Gasteiger partial charge < -0.3 is 5.73 Å². The van der Waals surface area contributed by atoms with E-state index in [0.717, 1.165) is 11.8 Å². The van der Waals surface area contributed by atoms with E-state index < -0.39 is 0 Å². The zero-order valence-electron chi connectivity index (χ0n) is 4.09. The lowest BCUT2D eigenvalue weighted by atomic mass is 10.3. The maximum absolute atomic E-state index is 5.31. The summed E-state index contributed by atoms with van der Waals surface area (Å²) >= 11 is 1.98. The second kappa shape index (κ2) is 3.58. The van der Waals surface area contributed by atoms with E-state index in [1.54, 1.807) is 0 Å². The molecule has 1 heterocycles. The molecule has 1 aliphatic rings. The van der Waals surface area contributed by atoms with Crippen LogP contribution in [-0.2, 0) is 0 Å². The first-order valence-electron chi connectivity index (χ1n) is 2.25.